The molecule has 12 N–H and O–H groups in total. The van der Waals surface area contributed by atoms with E-state index in [-0.39, 0.29) is 30.5 Å². The van der Waals surface area contributed by atoms with Gasteiger partial charge in [0.2, 0.25) is 0 Å². The Morgan fingerprint density at radius 2 is 1.22 bits per heavy atom. The normalized spacial score (nSPS) is 56.7. The van der Waals surface area contributed by atoms with Gasteiger partial charge in [-0.1, -0.05) is 60.1 Å². The van der Waals surface area contributed by atoms with Gasteiger partial charge in [-0.3, -0.25) is 0 Å². The van der Waals surface area contributed by atoms with Crippen molar-refractivity contribution < 1.29 is 89.7 Å². The lowest BCUT2D eigenvalue weighted by Crippen LogP contribution is -2.71. The van der Waals surface area contributed by atoms with E-state index in [2.05, 4.69) is 47.6 Å². The maximum Gasteiger partial charge on any atom is 0.187 e. The van der Waals surface area contributed by atoms with Crippen molar-refractivity contribution in [3.63, 3.8) is 0 Å². The van der Waals surface area contributed by atoms with Gasteiger partial charge in [-0.05, 0) is 84.9 Å². The summed E-state index contributed by atoms with van der Waals surface area (Å²) in [5, 5.41) is 130. The zero-order valence-electron chi connectivity index (χ0n) is 38.9. The van der Waals surface area contributed by atoms with Crippen LogP contribution >= 0.6 is 0 Å². The van der Waals surface area contributed by atoms with E-state index in [9.17, 15) is 61.3 Å². The summed E-state index contributed by atoms with van der Waals surface area (Å²) in [6, 6.07) is 0. The first-order valence-electron chi connectivity index (χ1n) is 23.9. The fourth-order valence-corrected chi connectivity index (χ4v) is 15.0. The minimum atomic E-state index is -1.70. The molecular weight excluding hydrogens is 852 g/mol. The first-order chi connectivity index (χ1) is 30.4. The van der Waals surface area contributed by atoms with Crippen LogP contribution in [0.2, 0.25) is 0 Å². The average molecular weight is 931 g/mol. The molecule has 3 saturated heterocycles. The van der Waals surface area contributed by atoms with Crippen LogP contribution in [0.25, 0.3) is 0 Å². The van der Waals surface area contributed by atoms with Crippen LogP contribution < -0.4 is 0 Å². The van der Waals surface area contributed by atoms with Crippen molar-refractivity contribution in [2.45, 2.75) is 204 Å². The molecule has 0 radical (unpaired) electrons. The highest BCUT2D eigenvalue weighted by Gasteiger charge is 2.72. The average Bonchev–Trinajstić information content (AvgIpc) is 3.25. The maximum absolute atomic E-state index is 12.7. The number of rotatable bonds is 9. The summed E-state index contributed by atoms with van der Waals surface area (Å²) in [6.45, 7) is 13.4. The highest BCUT2D eigenvalue weighted by atomic mass is 16.8. The Balaban J connectivity index is 1.13. The monoisotopic (exact) mass is 931 g/mol. The smallest absolute Gasteiger partial charge is 0.187 e. The number of aliphatic hydroxyl groups is 12. The fourth-order valence-electron chi connectivity index (χ4n) is 15.0. The molecule has 8 aliphatic rings. The van der Waals surface area contributed by atoms with E-state index < -0.39 is 151 Å². The van der Waals surface area contributed by atoms with Crippen molar-refractivity contribution in [3.8, 4) is 0 Å². The Labute approximate surface area is 381 Å². The van der Waals surface area contributed by atoms with E-state index >= 15 is 0 Å². The molecular formula is C47H78O18. The molecule has 8 rings (SSSR count). The van der Waals surface area contributed by atoms with Crippen LogP contribution in [0, 0.1) is 50.2 Å². The van der Waals surface area contributed by atoms with Gasteiger partial charge in [0.15, 0.2) is 18.9 Å². The molecule has 7 fully saturated rings. The zero-order valence-corrected chi connectivity index (χ0v) is 38.9. The second kappa shape index (κ2) is 17.7. The second-order valence-corrected chi connectivity index (χ2v) is 23.3. The van der Waals surface area contributed by atoms with Gasteiger partial charge in [0.25, 0.3) is 0 Å². The van der Waals surface area contributed by atoms with Gasteiger partial charge in [0.1, 0.15) is 67.1 Å². The van der Waals surface area contributed by atoms with Crippen LogP contribution in [0.4, 0.5) is 0 Å². The summed E-state index contributed by atoms with van der Waals surface area (Å²) >= 11 is 0. The molecule has 25 atom stereocenters. The molecule has 3 heterocycles. The number of ether oxygens (including phenoxy) is 6. The van der Waals surface area contributed by atoms with Crippen LogP contribution in [0.15, 0.2) is 11.6 Å². The molecule has 3 aliphatic heterocycles. The minimum Gasteiger partial charge on any atom is -0.396 e. The summed E-state index contributed by atoms with van der Waals surface area (Å²) in [6.07, 6.45) is -15.6. The lowest BCUT2D eigenvalue weighted by Gasteiger charge is -2.73. The summed E-state index contributed by atoms with van der Waals surface area (Å²) in [7, 11) is 0. The van der Waals surface area contributed by atoms with Crippen LogP contribution in [0.1, 0.15) is 99.8 Å². The molecule has 0 unspecified atom stereocenters. The summed E-state index contributed by atoms with van der Waals surface area (Å²) in [5.41, 5.74) is -1.90. The first kappa shape index (κ1) is 50.4. The van der Waals surface area contributed by atoms with Crippen molar-refractivity contribution in [1.29, 1.82) is 0 Å². The molecule has 0 bridgehead atoms. The minimum absolute atomic E-state index is 0.0118. The molecule has 65 heavy (non-hydrogen) atoms. The van der Waals surface area contributed by atoms with Crippen molar-refractivity contribution in [1.82, 2.24) is 0 Å². The summed E-state index contributed by atoms with van der Waals surface area (Å²) in [5.74, 6) is -0.473. The van der Waals surface area contributed by atoms with E-state index in [0.29, 0.717) is 25.7 Å². The molecule has 5 aliphatic carbocycles. The van der Waals surface area contributed by atoms with E-state index in [1.54, 1.807) is 0 Å². The van der Waals surface area contributed by atoms with E-state index in [4.69, 9.17) is 28.4 Å². The second-order valence-electron chi connectivity index (χ2n) is 23.3. The molecule has 0 spiro atoms. The Bertz CT molecular complexity index is 1730. The molecule has 374 valence electrons. The van der Waals surface area contributed by atoms with Gasteiger partial charge in [0.05, 0.1) is 44.7 Å². The Morgan fingerprint density at radius 3 is 1.86 bits per heavy atom. The van der Waals surface area contributed by atoms with Gasteiger partial charge < -0.3 is 89.7 Å². The van der Waals surface area contributed by atoms with Gasteiger partial charge >= 0.3 is 0 Å². The topological polar surface area (TPSA) is 298 Å². The zero-order chi connectivity index (χ0) is 47.6. The van der Waals surface area contributed by atoms with Crippen molar-refractivity contribution >= 4 is 0 Å². The van der Waals surface area contributed by atoms with Gasteiger partial charge in [0, 0.05) is 16.7 Å². The molecule has 18 heteroatoms. The molecule has 4 saturated carbocycles. The number of fused-ring (bicyclic) bond motifs is 7. The van der Waals surface area contributed by atoms with Crippen LogP contribution in [0.5, 0.6) is 0 Å². The van der Waals surface area contributed by atoms with Crippen molar-refractivity contribution in [2.24, 2.45) is 50.2 Å². The number of hydrogen-bond donors (Lipinski definition) is 12. The molecule has 0 amide bonds. The van der Waals surface area contributed by atoms with Crippen LogP contribution in [-0.2, 0) is 28.4 Å². The first-order valence-corrected chi connectivity index (χ1v) is 23.9. The standard InChI is InChI=1S/C47H78O18/c1-42(2)12-13-43(3)22(14-42)21-8-9-27-44(4)11-10-28(63-40-36(59)33(56)31(54)25(17-48)61-40)45(5,20-50)38(44)23(51)15-47(27,7)46(21,6)16-29(43)64-41-37(34(57)32(55)26(18-49)62-41)65-39-35(58)30(53)24(52)19-60-39/h8,22-41,48-59H,9-20H2,1-7H3/t22-,23+,24-,25+,26+,27+,28-,29-,30-,31+,32+,33-,34-,35+,36+,37+,38+,39-,40-,41-,43-,44+,45+,46+,47+/m0/s1. The Hall–Kier alpha value is -0.980. The van der Waals surface area contributed by atoms with E-state index in [0.717, 1.165) is 25.7 Å². The van der Waals surface area contributed by atoms with E-state index in [1.165, 1.54) is 5.57 Å². The Kier molecular flexibility index (Phi) is 13.7. The quantitative estimate of drug-likeness (QED) is 0.0995. The highest BCUT2D eigenvalue weighted by molar-refractivity contribution is 5.35. The van der Waals surface area contributed by atoms with Crippen LogP contribution in [0.3, 0.4) is 0 Å². The maximum atomic E-state index is 12.7. The van der Waals surface area contributed by atoms with Gasteiger partial charge in [-0.2, -0.15) is 0 Å². The Morgan fingerprint density at radius 1 is 0.600 bits per heavy atom. The van der Waals surface area contributed by atoms with Crippen molar-refractivity contribution in [2.75, 3.05) is 26.4 Å². The number of allylic oxidation sites excluding steroid dienone is 2. The SMILES string of the molecule is CC1(C)CC[C@]2(C)[C@@H](O[C@@H]3O[C@H](CO)[C@@H](O)[C@H](O)[C@H]3O[C@@H]3OC[C@H](O)[C@H](O)[C@H]3O)C[C@]3(C)C(=CC[C@@H]4[C@@]5(C)CC[C@H](O[C@@H]6O[C@H](CO)[C@@H](O)[C@H](O)[C@H]6O)[C@@](C)(CO)[C@@H]5[C@H](O)C[C@]43C)[C@@H]2C1. The molecule has 18 nitrogen and oxygen atoms in total. The third-order valence-corrected chi connectivity index (χ3v) is 19.1. The van der Waals surface area contributed by atoms with E-state index in [1.807, 2.05) is 6.92 Å². The fraction of sp³-hybridized carbons (Fsp3) is 0.957. The van der Waals surface area contributed by atoms with Crippen molar-refractivity contribution in [3.05, 3.63) is 11.6 Å². The largest absolute Gasteiger partial charge is 0.396 e. The van der Waals surface area contributed by atoms with Crippen LogP contribution in [-0.4, -0.2) is 192 Å². The predicted octanol–water partition coefficient (Wildman–Crippen LogP) is -0.805. The lowest BCUT2D eigenvalue weighted by molar-refractivity contribution is -0.371. The summed E-state index contributed by atoms with van der Waals surface area (Å²) < 4.78 is 37.2. The third-order valence-electron chi connectivity index (χ3n) is 19.1. The summed E-state index contributed by atoms with van der Waals surface area (Å²) in [4.78, 5) is 0. The number of hydrogen-bond acceptors (Lipinski definition) is 18. The lowest BCUT2D eigenvalue weighted by atomic mass is 9.33. The molecule has 0 aromatic heterocycles. The molecule has 0 aromatic rings. The van der Waals surface area contributed by atoms with Gasteiger partial charge in [-0.15, -0.1) is 0 Å². The number of aliphatic hydroxyl groups excluding tert-OH is 12. The predicted molar refractivity (Wildman–Crippen MR) is 227 cm³/mol. The van der Waals surface area contributed by atoms with Gasteiger partial charge in [-0.25, -0.2) is 0 Å². The third kappa shape index (κ3) is 7.84. The molecule has 0 aromatic carbocycles. The highest BCUT2D eigenvalue weighted by Crippen LogP contribution is 2.76.